The molecule has 0 unspecified atom stereocenters. The molecule has 0 saturated carbocycles. The number of para-hydroxylation sites is 5. The molecular formula is C54H30N6O. The summed E-state index contributed by atoms with van der Waals surface area (Å²) in [7, 11) is 0. The summed E-state index contributed by atoms with van der Waals surface area (Å²) in [5.41, 5.74) is 11.2. The first-order valence-corrected chi connectivity index (χ1v) is 20.0. The highest BCUT2D eigenvalue weighted by Gasteiger charge is 2.24. The molecule has 0 aliphatic rings. The third-order valence-electron chi connectivity index (χ3n) is 11.8. The second kappa shape index (κ2) is 13.4. The Labute approximate surface area is 349 Å². The lowest BCUT2D eigenvalue weighted by Crippen LogP contribution is -2.02. The maximum atomic E-state index is 10.8. The predicted molar refractivity (Wildman–Crippen MR) is 245 cm³/mol. The van der Waals surface area contributed by atoms with Gasteiger partial charge in [0, 0.05) is 43.6 Å². The standard InChI is InChI=1S/C54H30N6O/c1-56-44-29-34(52-43(32-55)51(33-15-4-2-5-16-33)57-54(58-52)40-23-14-22-39-38-21-10-13-26-50(38)61-53(39)40)27-28-47(44)60-46-25-12-9-20-37(46)42-30-41-36-19-8-11-24-45(36)59(48(41)31-49(42)60)35-17-6-3-7-18-35/h2-31H. The molecule has 0 atom stereocenters. The van der Waals surface area contributed by atoms with Gasteiger partial charge < -0.3 is 13.6 Å². The van der Waals surface area contributed by atoms with Gasteiger partial charge in [0.15, 0.2) is 5.82 Å². The molecule has 12 aromatic rings. The lowest BCUT2D eigenvalue weighted by molar-refractivity contribution is 0.669. The maximum Gasteiger partial charge on any atom is 0.211 e. The van der Waals surface area contributed by atoms with E-state index in [2.05, 4.69) is 98.9 Å². The van der Waals surface area contributed by atoms with Crippen LogP contribution in [0, 0.1) is 17.9 Å². The number of hydrogen-bond acceptors (Lipinski definition) is 4. The van der Waals surface area contributed by atoms with Crippen LogP contribution < -0.4 is 0 Å². The Balaban J connectivity index is 1.10. The third kappa shape index (κ3) is 5.15. The summed E-state index contributed by atoms with van der Waals surface area (Å²) in [5.74, 6) is 0.422. The van der Waals surface area contributed by atoms with Gasteiger partial charge in [-0.2, -0.15) is 5.26 Å². The van der Waals surface area contributed by atoms with Gasteiger partial charge in [-0.05, 0) is 66.2 Å². The quantitative estimate of drug-likeness (QED) is 0.163. The zero-order valence-electron chi connectivity index (χ0n) is 32.4. The normalized spacial score (nSPS) is 11.6. The molecule has 7 nitrogen and oxygen atoms in total. The van der Waals surface area contributed by atoms with Gasteiger partial charge in [-0.25, -0.2) is 14.8 Å². The Kier molecular flexibility index (Phi) is 7.52. The Bertz CT molecular complexity index is 3840. The van der Waals surface area contributed by atoms with Crippen molar-refractivity contribution in [1.82, 2.24) is 19.1 Å². The van der Waals surface area contributed by atoms with E-state index >= 15 is 0 Å². The SMILES string of the molecule is [C-]#[N+]c1cc(-c2nc(-c3cccc4c3oc3ccccc34)nc(-c3ccccc3)c2C#N)ccc1-n1c2ccccc2c2cc3c4ccccc4n(-c4ccccc4)c3cc21. The van der Waals surface area contributed by atoms with Crippen molar-refractivity contribution in [1.29, 1.82) is 5.26 Å². The molecule has 12 rings (SSSR count). The van der Waals surface area contributed by atoms with Gasteiger partial charge in [0.1, 0.15) is 22.8 Å². The molecule has 7 heteroatoms. The minimum Gasteiger partial charge on any atom is -0.455 e. The minimum atomic E-state index is 0.323. The van der Waals surface area contributed by atoms with E-state index in [1.165, 1.54) is 5.39 Å². The smallest absolute Gasteiger partial charge is 0.211 e. The Hall–Kier alpha value is -8.78. The Morgan fingerprint density at radius 3 is 1.84 bits per heavy atom. The maximum absolute atomic E-state index is 10.8. The van der Waals surface area contributed by atoms with Crippen LogP contribution >= 0.6 is 0 Å². The van der Waals surface area contributed by atoms with Crippen LogP contribution in [0.15, 0.2) is 186 Å². The second-order valence-electron chi connectivity index (χ2n) is 15.1. The van der Waals surface area contributed by atoms with E-state index in [0.29, 0.717) is 45.2 Å². The molecule has 0 spiro atoms. The first-order valence-electron chi connectivity index (χ1n) is 20.0. The molecule has 0 N–H and O–H groups in total. The summed E-state index contributed by atoms with van der Waals surface area (Å²) in [6.07, 6.45) is 0. The Morgan fingerprint density at radius 2 is 1.11 bits per heavy atom. The number of rotatable bonds is 5. The van der Waals surface area contributed by atoms with Gasteiger partial charge in [0.25, 0.3) is 0 Å². The first-order chi connectivity index (χ1) is 30.2. The van der Waals surface area contributed by atoms with E-state index in [0.717, 1.165) is 71.5 Å². The molecule has 4 aromatic heterocycles. The highest BCUT2D eigenvalue weighted by atomic mass is 16.3. The number of nitrogens with zero attached hydrogens (tertiary/aromatic N) is 6. The van der Waals surface area contributed by atoms with Crippen molar-refractivity contribution in [3.63, 3.8) is 0 Å². The molecule has 0 fully saturated rings. The lowest BCUT2D eigenvalue weighted by Gasteiger charge is -2.15. The zero-order chi connectivity index (χ0) is 40.6. The lowest BCUT2D eigenvalue weighted by atomic mass is 9.99. The fourth-order valence-electron chi connectivity index (χ4n) is 9.12. The van der Waals surface area contributed by atoms with Gasteiger partial charge in [-0.3, -0.25) is 0 Å². The van der Waals surface area contributed by atoms with Crippen LogP contribution in [0.2, 0.25) is 0 Å². The number of aromatic nitrogens is 4. The van der Waals surface area contributed by atoms with Crippen molar-refractivity contribution in [2.24, 2.45) is 0 Å². The molecule has 0 amide bonds. The molecule has 4 heterocycles. The zero-order valence-corrected chi connectivity index (χ0v) is 32.4. The van der Waals surface area contributed by atoms with Crippen molar-refractivity contribution < 1.29 is 4.42 Å². The average molecular weight is 779 g/mol. The number of nitriles is 1. The van der Waals surface area contributed by atoms with Gasteiger partial charge in [-0.1, -0.05) is 121 Å². The minimum absolute atomic E-state index is 0.323. The molecule has 8 aromatic carbocycles. The predicted octanol–water partition coefficient (Wildman–Crippen LogP) is 14.0. The van der Waals surface area contributed by atoms with Crippen molar-refractivity contribution in [2.45, 2.75) is 0 Å². The summed E-state index contributed by atoms with van der Waals surface area (Å²) in [4.78, 5) is 14.4. The van der Waals surface area contributed by atoms with Crippen LogP contribution in [-0.4, -0.2) is 19.1 Å². The largest absolute Gasteiger partial charge is 0.455 e. The van der Waals surface area contributed by atoms with Crippen LogP contribution in [0.25, 0.3) is 116 Å². The van der Waals surface area contributed by atoms with E-state index in [-0.39, 0.29) is 0 Å². The fraction of sp³-hybridized carbons (Fsp3) is 0. The first kappa shape index (κ1) is 34.3. The van der Waals surface area contributed by atoms with Gasteiger partial charge in [-0.15, -0.1) is 0 Å². The molecule has 282 valence electrons. The fourth-order valence-corrected chi connectivity index (χ4v) is 9.12. The number of hydrogen-bond donors (Lipinski definition) is 0. The van der Waals surface area contributed by atoms with Crippen LogP contribution in [-0.2, 0) is 0 Å². The summed E-state index contributed by atoms with van der Waals surface area (Å²) in [5, 5.41) is 17.3. The van der Waals surface area contributed by atoms with E-state index in [1.54, 1.807) is 0 Å². The van der Waals surface area contributed by atoms with E-state index < -0.39 is 0 Å². The third-order valence-corrected chi connectivity index (χ3v) is 11.8. The Morgan fingerprint density at radius 1 is 0.508 bits per heavy atom. The van der Waals surface area contributed by atoms with Crippen molar-refractivity contribution >= 4 is 71.2 Å². The molecule has 0 saturated heterocycles. The summed E-state index contributed by atoms with van der Waals surface area (Å²) in [6, 6.07) is 63.8. The van der Waals surface area contributed by atoms with Gasteiger partial charge in [0.05, 0.1) is 51.3 Å². The van der Waals surface area contributed by atoms with Crippen LogP contribution in [0.5, 0.6) is 0 Å². The van der Waals surface area contributed by atoms with Crippen molar-refractivity contribution in [2.75, 3.05) is 0 Å². The molecule has 0 radical (unpaired) electrons. The topological polar surface area (TPSA) is 76.9 Å². The summed E-state index contributed by atoms with van der Waals surface area (Å²) < 4.78 is 11.0. The van der Waals surface area contributed by atoms with Crippen LogP contribution in [0.3, 0.4) is 0 Å². The van der Waals surface area contributed by atoms with Gasteiger partial charge >= 0.3 is 0 Å². The molecular weight excluding hydrogens is 749 g/mol. The van der Waals surface area contributed by atoms with Gasteiger partial charge in [0.2, 0.25) is 5.69 Å². The second-order valence-corrected chi connectivity index (χ2v) is 15.1. The highest BCUT2D eigenvalue weighted by Crippen LogP contribution is 2.43. The molecule has 0 aliphatic heterocycles. The van der Waals surface area contributed by atoms with E-state index in [9.17, 15) is 5.26 Å². The summed E-state index contributed by atoms with van der Waals surface area (Å²) in [6.45, 7) is 8.61. The highest BCUT2D eigenvalue weighted by molar-refractivity contribution is 6.19. The number of furan rings is 1. The summed E-state index contributed by atoms with van der Waals surface area (Å²) >= 11 is 0. The van der Waals surface area contributed by atoms with Crippen LogP contribution in [0.1, 0.15) is 5.56 Å². The van der Waals surface area contributed by atoms with E-state index in [1.807, 2.05) is 103 Å². The molecule has 61 heavy (non-hydrogen) atoms. The molecule has 0 bridgehead atoms. The monoisotopic (exact) mass is 778 g/mol. The molecule has 0 aliphatic carbocycles. The number of benzene rings is 8. The number of fused-ring (bicyclic) bond motifs is 9. The average Bonchev–Trinajstić information content (AvgIpc) is 3.98. The van der Waals surface area contributed by atoms with Crippen molar-refractivity contribution in [3.05, 3.63) is 199 Å². The van der Waals surface area contributed by atoms with E-state index in [4.69, 9.17) is 21.0 Å². The van der Waals surface area contributed by atoms with Crippen LogP contribution in [0.4, 0.5) is 5.69 Å². The van der Waals surface area contributed by atoms with Crippen molar-refractivity contribution in [3.8, 4) is 51.3 Å².